The first-order chi connectivity index (χ1) is 8.13. The number of carboxylic acid groups (broad SMARTS) is 1. The third kappa shape index (κ3) is 5.04. The van der Waals surface area contributed by atoms with Crippen LogP contribution in [0.1, 0.15) is 32.1 Å². The molecule has 6 heteroatoms. The fourth-order valence-electron chi connectivity index (χ4n) is 1.77. The van der Waals surface area contributed by atoms with Crippen LogP contribution in [-0.2, 0) is 4.79 Å². The van der Waals surface area contributed by atoms with Crippen LogP contribution in [0.3, 0.4) is 0 Å². The van der Waals surface area contributed by atoms with Crippen molar-refractivity contribution in [2.45, 2.75) is 38.1 Å². The third-order valence-corrected chi connectivity index (χ3v) is 3.08. The number of carbonyl (C=O) groups excluding carboxylic acids is 1. The van der Waals surface area contributed by atoms with Crippen molar-refractivity contribution in [1.82, 2.24) is 10.6 Å². The number of aliphatic hydroxyl groups excluding tert-OH is 1. The molecule has 0 aromatic heterocycles. The van der Waals surface area contributed by atoms with E-state index in [-0.39, 0.29) is 13.0 Å². The molecule has 1 aliphatic rings. The van der Waals surface area contributed by atoms with Gasteiger partial charge in [0, 0.05) is 19.6 Å². The number of carboxylic acids is 1. The topological polar surface area (TPSA) is 98.7 Å². The van der Waals surface area contributed by atoms with E-state index < -0.39 is 18.0 Å². The summed E-state index contributed by atoms with van der Waals surface area (Å²) < 4.78 is 0. The van der Waals surface area contributed by atoms with Crippen molar-refractivity contribution in [2.75, 3.05) is 13.2 Å². The molecule has 1 saturated carbocycles. The van der Waals surface area contributed by atoms with Gasteiger partial charge >= 0.3 is 12.0 Å². The van der Waals surface area contributed by atoms with Gasteiger partial charge in [0.05, 0.1) is 0 Å². The van der Waals surface area contributed by atoms with Crippen LogP contribution in [-0.4, -0.2) is 41.4 Å². The molecule has 17 heavy (non-hydrogen) atoms. The lowest BCUT2D eigenvalue weighted by Gasteiger charge is -2.25. The Morgan fingerprint density at radius 1 is 1.35 bits per heavy atom. The van der Waals surface area contributed by atoms with Gasteiger partial charge in [0.25, 0.3) is 0 Å². The predicted octanol–water partition coefficient (Wildman–Crippen LogP) is 0.311. The average Bonchev–Trinajstić information content (AvgIpc) is 2.21. The summed E-state index contributed by atoms with van der Waals surface area (Å²) in [6.45, 7) is 0.307. The number of carbonyl (C=O) groups is 2. The van der Waals surface area contributed by atoms with E-state index in [4.69, 9.17) is 10.2 Å². The molecular formula is C11H20N2O4. The fraction of sp³-hybridized carbons (Fsp3) is 0.818. The molecule has 1 rings (SSSR count). The van der Waals surface area contributed by atoms with Gasteiger partial charge in [-0.1, -0.05) is 19.3 Å². The number of aliphatic carboxylic acids is 1. The maximum absolute atomic E-state index is 11.4. The zero-order valence-corrected chi connectivity index (χ0v) is 9.82. The SMILES string of the molecule is O=C(NCCC1CCC1)N[C@H](CCO)C(=O)O. The van der Waals surface area contributed by atoms with Gasteiger partial charge < -0.3 is 20.8 Å². The van der Waals surface area contributed by atoms with Crippen LogP contribution in [0.2, 0.25) is 0 Å². The second-order valence-electron chi connectivity index (χ2n) is 4.39. The Hall–Kier alpha value is -1.30. The van der Waals surface area contributed by atoms with Crippen molar-refractivity contribution >= 4 is 12.0 Å². The minimum Gasteiger partial charge on any atom is -0.480 e. The Morgan fingerprint density at radius 2 is 2.06 bits per heavy atom. The van der Waals surface area contributed by atoms with Gasteiger partial charge in [0.15, 0.2) is 0 Å². The summed E-state index contributed by atoms with van der Waals surface area (Å²) in [7, 11) is 0. The van der Waals surface area contributed by atoms with Crippen molar-refractivity contribution in [2.24, 2.45) is 5.92 Å². The second-order valence-corrected chi connectivity index (χ2v) is 4.39. The van der Waals surface area contributed by atoms with E-state index in [2.05, 4.69) is 10.6 Å². The molecule has 0 spiro atoms. The van der Waals surface area contributed by atoms with E-state index in [9.17, 15) is 9.59 Å². The van der Waals surface area contributed by atoms with Crippen LogP contribution < -0.4 is 10.6 Å². The second kappa shape index (κ2) is 7.11. The molecule has 1 aliphatic carbocycles. The summed E-state index contributed by atoms with van der Waals surface area (Å²) in [5.41, 5.74) is 0. The standard InChI is InChI=1S/C11H20N2O4/c14-7-5-9(10(15)16)13-11(17)12-6-4-8-2-1-3-8/h8-9,14H,1-7H2,(H,15,16)(H2,12,13,17)/t9-/m1/s1. The largest absolute Gasteiger partial charge is 0.480 e. The van der Waals surface area contributed by atoms with Gasteiger partial charge in [-0.15, -0.1) is 0 Å². The van der Waals surface area contributed by atoms with Gasteiger partial charge in [-0.2, -0.15) is 0 Å². The number of aliphatic hydroxyl groups is 1. The predicted molar refractivity (Wildman–Crippen MR) is 61.6 cm³/mol. The van der Waals surface area contributed by atoms with E-state index in [1.165, 1.54) is 19.3 Å². The monoisotopic (exact) mass is 244 g/mol. The summed E-state index contributed by atoms with van der Waals surface area (Å²) in [6, 6.07) is -1.51. The summed E-state index contributed by atoms with van der Waals surface area (Å²) in [5, 5.41) is 22.4. The van der Waals surface area contributed by atoms with E-state index in [1.54, 1.807) is 0 Å². The van der Waals surface area contributed by atoms with Gasteiger partial charge in [-0.3, -0.25) is 0 Å². The summed E-state index contributed by atoms with van der Waals surface area (Å²) in [5.74, 6) is -0.420. The number of rotatable bonds is 7. The molecule has 1 atom stereocenters. The molecule has 2 amide bonds. The van der Waals surface area contributed by atoms with Crippen molar-refractivity contribution < 1.29 is 19.8 Å². The van der Waals surface area contributed by atoms with Crippen LogP contribution in [0.5, 0.6) is 0 Å². The van der Waals surface area contributed by atoms with Crippen LogP contribution in [0.15, 0.2) is 0 Å². The Kier molecular flexibility index (Phi) is 5.76. The van der Waals surface area contributed by atoms with Crippen molar-refractivity contribution in [3.05, 3.63) is 0 Å². The summed E-state index contributed by atoms with van der Waals surface area (Å²) in [4.78, 5) is 22.1. The van der Waals surface area contributed by atoms with Gasteiger partial charge in [-0.05, 0) is 12.3 Å². The lowest BCUT2D eigenvalue weighted by Crippen LogP contribution is -2.46. The Labute approximate surface area is 100 Å². The molecular weight excluding hydrogens is 224 g/mol. The smallest absolute Gasteiger partial charge is 0.326 e. The minimum absolute atomic E-state index is 0.0192. The van der Waals surface area contributed by atoms with Crippen molar-refractivity contribution in [1.29, 1.82) is 0 Å². The normalized spacial score (nSPS) is 17.0. The van der Waals surface area contributed by atoms with Gasteiger partial charge in [0.2, 0.25) is 0 Å². The van der Waals surface area contributed by atoms with Crippen LogP contribution >= 0.6 is 0 Å². The molecule has 0 aliphatic heterocycles. The van der Waals surface area contributed by atoms with Crippen LogP contribution in [0, 0.1) is 5.92 Å². The average molecular weight is 244 g/mol. The first-order valence-electron chi connectivity index (χ1n) is 6.01. The van der Waals surface area contributed by atoms with E-state index in [0.29, 0.717) is 12.5 Å². The zero-order chi connectivity index (χ0) is 12.7. The number of nitrogens with one attached hydrogen (secondary N) is 2. The summed E-state index contributed by atoms with van der Waals surface area (Å²) in [6.07, 6.45) is 4.70. The lowest BCUT2D eigenvalue weighted by molar-refractivity contribution is -0.139. The Bertz CT molecular complexity index is 266. The minimum atomic E-state index is -1.13. The first-order valence-corrected chi connectivity index (χ1v) is 6.01. The van der Waals surface area contributed by atoms with E-state index >= 15 is 0 Å². The molecule has 0 aromatic rings. The molecule has 1 fully saturated rings. The van der Waals surface area contributed by atoms with Crippen molar-refractivity contribution in [3.63, 3.8) is 0 Å². The number of urea groups is 1. The maximum atomic E-state index is 11.4. The first kappa shape index (κ1) is 13.8. The quantitative estimate of drug-likeness (QED) is 0.518. The highest BCUT2D eigenvalue weighted by Gasteiger charge is 2.20. The van der Waals surface area contributed by atoms with Crippen LogP contribution in [0.25, 0.3) is 0 Å². The molecule has 0 unspecified atom stereocenters. The number of amides is 2. The summed E-state index contributed by atoms with van der Waals surface area (Å²) >= 11 is 0. The Morgan fingerprint density at radius 3 is 2.53 bits per heavy atom. The Balaban J connectivity index is 2.14. The highest BCUT2D eigenvalue weighted by molar-refractivity contribution is 5.82. The maximum Gasteiger partial charge on any atom is 0.326 e. The van der Waals surface area contributed by atoms with E-state index in [0.717, 1.165) is 6.42 Å². The highest BCUT2D eigenvalue weighted by Crippen LogP contribution is 2.28. The number of hydrogen-bond donors (Lipinski definition) is 4. The molecule has 0 bridgehead atoms. The van der Waals surface area contributed by atoms with Gasteiger partial charge in [-0.25, -0.2) is 9.59 Å². The molecule has 0 radical (unpaired) electrons. The molecule has 0 saturated heterocycles. The number of hydrogen-bond acceptors (Lipinski definition) is 3. The molecule has 0 aromatic carbocycles. The molecule has 0 heterocycles. The molecule has 4 N–H and O–H groups in total. The molecule has 6 nitrogen and oxygen atoms in total. The third-order valence-electron chi connectivity index (χ3n) is 3.08. The van der Waals surface area contributed by atoms with Crippen LogP contribution in [0.4, 0.5) is 4.79 Å². The van der Waals surface area contributed by atoms with Crippen molar-refractivity contribution in [3.8, 4) is 0 Å². The lowest BCUT2D eigenvalue weighted by atomic mass is 9.83. The zero-order valence-electron chi connectivity index (χ0n) is 9.82. The molecule has 98 valence electrons. The highest BCUT2D eigenvalue weighted by atomic mass is 16.4. The van der Waals surface area contributed by atoms with E-state index in [1.807, 2.05) is 0 Å². The van der Waals surface area contributed by atoms with Gasteiger partial charge in [0.1, 0.15) is 6.04 Å². The fourth-order valence-corrected chi connectivity index (χ4v) is 1.77.